The Morgan fingerprint density at radius 1 is 0.929 bits per heavy atom. The lowest BCUT2D eigenvalue weighted by molar-refractivity contribution is 1.08. The van der Waals surface area contributed by atoms with Crippen LogP contribution in [0.3, 0.4) is 0 Å². The Morgan fingerprint density at radius 2 is 1.57 bits per heavy atom. The summed E-state index contributed by atoms with van der Waals surface area (Å²) in [6.07, 6.45) is 4.19. The first kappa shape index (κ1) is 10.6. The van der Waals surface area contributed by atoms with Gasteiger partial charge in [0.1, 0.15) is 0 Å². The largest absolute Gasteiger partial charge is 0.324 e. The van der Waals surface area contributed by atoms with Gasteiger partial charge in [0.2, 0.25) is 0 Å². The second-order valence-corrected chi connectivity index (χ2v) is 2.93. The summed E-state index contributed by atoms with van der Waals surface area (Å²) in [6.45, 7) is 6.10. The summed E-state index contributed by atoms with van der Waals surface area (Å²) in [6, 6.07) is 12.4. The minimum atomic E-state index is 1.21. The third kappa shape index (κ3) is 2.49. The Balaban J connectivity index is 0.000000461. The molecule has 0 aliphatic heterocycles. The number of rotatable bonds is 1. The van der Waals surface area contributed by atoms with E-state index in [0.717, 1.165) is 0 Å². The molecule has 2 rings (SSSR count). The molecule has 74 valence electrons. The molecule has 0 fully saturated rings. The van der Waals surface area contributed by atoms with Gasteiger partial charge in [-0.15, -0.1) is 0 Å². The zero-order valence-electron chi connectivity index (χ0n) is 9.07. The fourth-order valence-corrected chi connectivity index (χ4v) is 1.26. The Morgan fingerprint density at radius 3 is 2.07 bits per heavy atom. The number of nitrogens with zero attached hydrogens (tertiary/aromatic N) is 1. The van der Waals surface area contributed by atoms with Gasteiger partial charge in [-0.05, 0) is 30.7 Å². The molecule has 0 bridgehead atoms. The average molecular weight is 187 g/mol. The van der Waals surface area contributed by atoms with Gasteiger partial charge in [-0.25, -0.2) is 0 Å². The van der Waals surface area contributed by atoms with Crippen LogP contribution in [0.1, 0.15) is 19.4 Å². The highest BCUT2D eigenvalue weighted by Gasteiger charge is 1.92. The Labute approximate surface area is 86.0 Å². The molecule has 0 saturated heterocycles. The second-order valence-electron chi connectivity index (χ2n) is 2.93. The van der Waals surface area contributed by atoms with Crippen molar-refractivity contribution >= 4 is 0 Å². The molecule has 1 aromatic carbocycles. The number of hydrogen-bond acceptors (Lipinski definition) is 0. The highest BCUT2D eigenvalue weighted by molar-refractivity contribution is 5.33. The van der Waals surface area contributed by atoms with E-state index >= 15 is 0 Å². The summed E-state index contributed by atoms with van der Waals surface area (Å²) in [4.78, 5) is 0. The smallest absolute Gasteiger partial charge is 0.0449 e. The van der Waals surface area contributed by atoms with Crippen molar-refractivity contribution in [3.63, 3.8) is 0 Å². The molecule has 0 radical (unpaired) electrons. The highest BCUT2D eigenvalue weighted by atomic mass is 14.9. The molecule has 0 atom stereocenters. The summed E-state index contributed by atoms with van der Waals surface area (Å²) in [7, 11) is 0. The van der Waals surface area contributed by atoms with E-state index in [-0.39, 0.29) is 0 Å². The van der Waals surface area contributed by atoms with Crippen LogP contribution in [0.25, 0.3) is 5.69 Å². The molecular formula is C13H17N. The maximum atomic E-state index is 2.12. The van der Waals surface area contributed by atoms with Crippen LogP contribution < -0.4 is 0 Å². The molecule has 0 unspecified atom stereocenters. The molecule has 14 heavy (non-hydrogen) atoms. The summed E-state index contributed by atoms with van der Waals surface area (Å²) >= 11 is 0. The van der Waals surface area contributed by atoms with Gasteiger partial charge in [0.05, 0.1) is 0 Å². The molecule has 0 amide bonds. The van der Waals surface area contributed by atoms with Crippen molar-refractivity contribution in [3.05, 3.63) is 54.4 Å². The van der Waals surface area contributed by atoms with Crippen LogP contribution in [0.15, 0.2) is 48.8 Å². The van der Waals surface area contributed by atoms with E-state index in [0.29, 0.717) is 0 Å². The predicted octanol–water partition coefficient (Wildman–Crippen LogP) is 3.81. The maximum absolute atomic E-state index is 2.12. The SMILES string of the molecule is CC.Cc1ccn(-c2ccccc2)c1. The first-order chi connectivity index (χ1) is 6.86. The molecule has 1 nitrogen and oxygen atoms in total. The molecule has 0 N–H and O–H groups in total. The van der Waals surface area contributed by atoms with Gasteiger partial charge in [0.25, 0.3) is 0 Å². The lowest BCUT2D eigenvalue weighted by atomic mass is 10.3. The fourth-order valence-electron chi connectivity index (χ4n) is 1.26. The third-order valence-corrected chi connectivity index (χ3v) is 1.90. The van der Waals surface area contributed by atoms with Crippen molar-refractivity contribution in [1.29, 1.82) is 0 Å². The summed E-state index contributed by atoms with van der Waals surface area (Å²) < 4.78 is 2.12. The minimum absolute atomic E-state index is 1.21. The van der Waals surface area contributed by atoms with Gasteiger partial charge in [0, 0.05) is 18.1 Å². The monoisotopic (exact) mass is 187 g/mol. The topological polar surface area (TPSA) is 4.93 Å². The first-order valence-electron chi connectivity index (χ1n) is 5.06. The first-order valence-corrected chi connectivity index (χ1v) is 5.06. The van der Waals surface area contributed by atoms with Crippen molar-refractivity contribution in [2.24, 2.45) is 0 Å². The van der Waals surface area contributed by atoms with Gasteiger partial charge in [-0.3, -0.25) is 0 Å². The van der Waals surface area contributed by atoms with Crippen molar-refractivity contribution in [2.75, 3.05) is 0 Å². The van der Waals surface area contributed by atoms with E-state index in [1.54, 1.807) is 0 Å². The molecular weight excluding hydrogens is 170 g/mol. The van der Waals surface area contributed by atoms with Gasteiger partial charge in [0.15, 0.2) is 0 Å². The van der Waals surface area contributed by atoms with Crippen LogP contribution in [0.5, 0.6) is 0 Å². The molecule has 1 heteroatoms. The van der Waals surface area contributed by atoms with Crippen LogP contribution in [-0.4, -0.2) is 4.57 Å². The highest BCUT2D eigenvalue weighted by Crippen LogP contribution is 2.08. The lowest BCUT2D eigenvalue weighted by Crippen LogP contribution is -1.87. The number of para-hydroxylation sites is 1. The third-order valence-electron chi connectivity index (χ3n) is 1.90. The van der Waals surface area contributed by atoms with Gasteiger partial charge in [-0.1, -0.05) is 32.0 Å². The fraction of sp³-hybridized carbons (Fsp3) is 0.231. The Hall–Kier alpha value is -1.50. The second kappa shape index (κ2) is 5.28. The molecule has 0 spiro atoms. The van der Waals surface area contributed by atoms with Crippen LogP contribution in [0.2, 0.25) is 0 Å². The predicted molar refractivity (Wildman–Crippen MR) is 61.9 cm³/mol. The van der Waals surface area contributed by atoms with E-state index in [4.69, 9.17) is 0 Å². The van der Waals surface area contributed by atoms with Gasteiger partial charge < -0.3 is 4.57 Å². The van der Waals surface area contributed by atoms with Crippen molar-refractivity contribution in [1.82, 2.24) is 4.57 Å². The molecule has 2 aromatic rings. The Kier molecular flexibility index (Phi) is 3.99. The van der Waals surface area contributed by atoms with E-state index in [1.807, 2.05) is 32.0 Å². The average Bonchev–Trinajstić information content (AvgIpc) is 2.69. The zero-order valence-corrected chi connectivity index (χ0v) is 9.07. The number of benzene rings is 1. The van der Waals surface area contributed by atoms with E-state index < -0.39 is 0 Å². The van der Waals surface area contributed by atoms with Crippen LogP contribution in [-0.2, 0) is 0 Å². The van der Waals surface area contributed by atoms with E-state index in [2.05, 4.69) is 42.1 Å². The molecule has 1 heterocycles. The normalized spacial score (nSPS) is 9.07. The van der Waals surface area contributed by atoms with Crippen molar-refractivity contribution in [2.45, 2.75) is 20.8 Å². The zero-order chi connectivity index (χ0) is 10.4. The Bertz CT molecular complexity index is 360. The number of hydrogen-bond donors (Lipinski definition) is 0. The standard InChI is InChI=1S/C11H11N.C2H6/c1-10-7-8-12(9-10)11-5-3-2-4-6-11;1-2/h2-9H,1H3;1-2H3. The molecule has 0 aliphatic rings. The van der Waals surface area contributed by atoms with E-state index in [9.17, 15) is 0 Å². The van der Waals surface area contributed by atoms with Crippen molar-refractivity contribution in [3.8, 4) is 5.69 Å². The number of aryl methyl sites for hydroxylation is 1. The lowest BCUT2D eigenvalue weighted by Gasteiger charge is -2.00. The summed E-state index contributed by atoms with van der Waals surface area (Å²) in [5.41, 5.74) is 2.50. The molecule has 0 saturated carbocycles. The van der Waals surface area contributed by atoms with Crippen molar-refractivity contribution < 1.29 is 0 Å². The minimum Gasteiger partial charge on any atom is -0.324 e. The number of aromatic nitrogens is 1. The quantitative estimate of drug-likeness (QED) is 0.639. The van der Waals surface area contributed by atoms with Crippen LogP contribution >= 0.6 is 0 Å². The van der Waals surface area contributed by atoms with Gasteiger partial charge in [-0.2, -0.15) is 0 Å². The molecule has 1 aromatic heterocycles. The molecule has 0 aliphatic carbocycles. The van der Waals surface area contributed by atoms with Crippen LogP contribution in [0, 0.1) is 6.92 Å². The van der Waals surface area contributed by atoms with Gasteiger partial charge >= 0.3 is 0 Å². The maximum Gasteiger partial charge on any atom is 0.0449 e. The summed E-state index contributed by atoms with van der Waals surface area (Å²) in [5, 5.41) is 0. The van der Waals surface area contributed by atoms with E-state index in [1.165, 1.54) is 11.3 Å². The summed E-state index contributed by atoms with van der Waals surface area (Å²) in [5.74, 6) is 0. The van der Waals surface area contributed by atoms with Crippen LogP contribution in [0.4, 0.5) is 0 Å².